The third-order valence-electron chi connectivity index (χ3n) is 4.13. The maximum absolute atomic E-state index is 6.31. The molecule has 0 radical (unpaired) electrons. The minimum atomic E-state index is 0.0810. The average Bonchev–Trinajstić information content (AvgIpc) is 2.41. The van der Waals surface area contributed by atoms with Gasteiger partial charge in [0.15, 0.2) is 0 Å². The summed E-state index contributed by atoms with van der Waals surface area (Å²) in [4.78, 5) is 0. The van der Waals surface area contributed by atoms with Crippen molar-refractivity contribution in [1.82, 2.24) is 0 Å². The van der Waals surface area contributed by atoms with Crippen LogP contribution in [0.15, 0.2) is 12.1 Å². The summed E-state index contributed by atoms with van der Waals surface area (Å²) in [5, 5.41) is 0.823. The molecular formula is C18H30ClN. The van der Waals surface area contributed by atoms with Crippen molar-refractivity contribution in [2.45, 2.75) is 78.2 Å². The molecule has 0 aliphatic heterocycles. The van der Waals surface area contributed by atoms with E-state index in [0.29, 0.717) is 0 Å². The van der Waals surface area contributed by atoms with Crippen molar-refractivity contribution in [1.29, 1.82) is 0 Å². The zero-order valence-corrected chi connectivity index (χ0v) is 14.1. The minimum Gasteiger partial charge on any atom is -0.324 e. The Balaban J connectivity index is 2.32. The Morgan fingerprint density at radius 1 is 0.950 bits per heavy atom. The normalized spacial score (nSPS) is 12.7. The summed E-state index contributed by atoms with van der Waals surface area (Å²) >= 11 is 6.31. The second kappa shape index (κ2) is 9.41. The summed E-state index contributed by atoms with van der Waals surface area (Å²) in [6.07, 6.45) is 10.3. The summed E-state index contributed by atoms with van der Waals surface area (Å²) < 4.78 is 0. The van der Waals surface area contributed by atoms with E-state index >= 15 is 0 Å². The molecule has 0 aromatic heterocycles. The largest absolute Gasteiger partial charge is 0.324 e. The van der Waals surface area contributed by atoms with Gasteiger partial charge in [0.1, 0.15) is 0 Å². The molecule has 20 heavy (non-hydrogen) atoms. The van der Waals surface area contributed by atoms with Gasteiger partial charge in [-0.3, -0.25) is 0 Å². The zero-order valence-electron chi connectivity index (χ0n) is 13.3. The van der Waals surface area contributed by atoms with E-state index in [1.807, 2.05) is 6.07 Å². The predicted molar refractivity (Wildman–Crippen MR) is 90.5 cm³/mol. The Kier molecular flexibility index (Phi) is 8.25. The molecule has 114 valence electrons. The Hall–Kier alpha value is -0.530. The molecule has 1 aromatic carbocycles. The van der Waals surface area contributed by atoms with Crippen molar-refractivity contribution >= 4 is 11.6 Å². The summed E-state index contributed by atoms with van der Waals surface area (Å²) in [6, 6.07) is 4.28. The van der Waals surface area contributed by atoms with E-state index in [0.717, 1.165) is 17.0 Å². The third kappa shape index (κ3) is 5.85. The Morgan fingerprint density at radius 2 is 1.50 bits per heavy atom. The van der Waals surface area contributed by atoms with E-state index in [4.69, 9.17) is 17.3 Å². The van der Waals surface area contributed by atoms with Crippen LogP contribution in [0.1, 0.15) is 81.0 Å². The lowest BCUT2D eigenvalue weighted by Crippen LogP contribution is -2.11. The number of benzene rings is 1. The van der Waals surface area contributed by atoms with Crippen LogP contribution < -0.4 is 5.73 Å². The maximum atomic E-state index is 6.31. The third-order valence-corrected chi connectivity index (χ3v) is 4.46. The van der Waals surface area contributed by atoms with E-state index < -0.39 is 0 Å². The second-order valence-corrected chi connectivity index (χ2v) is 6.38. The number of aryl methyl sites for hydroxylation is 2. The molecule has 0 fully saturated rings. The van der Waals surface area contributed by atoms with E-state index in [1.165, 1.54) is 56.1 Å². The van der Waals surface area contributed by atoms with Crippen LogP contribution in [-0.4, -0.2) is 0 Å². The first kappa shape index (κ1) is 17.5. The highest BCUT2D eigenvalue weighted by Crippen LogP contribution is 2.28. The molecule has 0 heterocycles. The molecule has 0 amide bonds. The topological polar surface area (TPSA) is 26.0 Å². The van der Waals surface area contributed by atoms with Gasteiger partial charge in [-0.05, 0) is 43.0 Å². The molecule has 0 aliphatic rings. The van der Waals surface area contributed by atoms with Gasteiger partial charge >= 0.3 is 0 Å². The fourth-order valence-corrected chi connectivity index (χ4v) is 2.92. The molecule has 1 atom stereocenters. The van der Waals surface area contributed by atoms with Crippen molar-refractivity contribution in [3.63, 3.8) is 0 Å². The van der Waals surface area contributed by atoms with Gasteiger partial charge in [0, 0.05) is 11.1 Å². The molecule has 0 aliphatic carbocycles. The summed E-state index contributed by atoms with van der Waals surface area (Å²) in [5.74, 6) is 0. The van der Waals surface area contributed by atoms with Crippen LogP contribution >= 0.6 is 11.6 Å². The molecule has 0 bridgehead atoms. The second-order valence-electron chi connectivity index (χ2n) is 5.97. The SMILES string of the molecule is CCCCCCCCCC(N)c1cc(C)c(C)cc1Cl. The number of hydrogen-bond donors (Lipinski definition) is 1. The lowest BCUT2D eigenvalue weighted by molar-refractivity contribution is 0.541. The molecule has 1 nitrogen and oxygen atoms in total. The van der Waals surface area contributed by atoms with Crippen molar-refractivity contribution in [2.24, 2.45) is 5.73 Å². The Labute approximate surface area is 129 Å². The number of nitrogens with two attached hydrogens (primary N) is 1. The first-order valence-electron chi connectivity index (χ1n) is 8.08. The lowest BCUT2D eigenvalue weighted by Gasteiger charge is -2.15. The van der Waals surface area contributed by atoms with Gasteiger partial charge in [-0.15, -0.1) is 0 Å². The predicted octanol–water partition coefficient (Wildman–Crippen LogP) is 6.10. The monoisotopic (exact) mass is 295 g/mol. The lowest BCUT2D eigenvalue weighted by atomic mass is 9.97. The van der Waals surface area contributed by atoms with E-state index in [-0.39, 0.29) is 6.04 Å². The fourth-order valence-electron chi connectivity index (χ4n) is 2.56. The van der Waals surface area contributed by atoms with E-state index in [9.17, 15) is 0 Å². The van der Waals surface area contributed by atoms with Gasteiger partial charge in [0.2, 0.25) is 0 Å². The highest BCUT2D eigenvalue weighted by molar-refractivity contribution is 6.31. The van der Waals surface area contributed by atoms with Gasteiger partial charge in [-0.25, -0.2) is 0 Å². The maximum Gasteiger partial charge on any atom is 0.0456 e. The van der Waals surface area contributed by atoms with Gasteiger partial charge in [0.25, 0.3) is 0 Å². The highest BCUT2D eigenvalue weighted by Gasteiger charge is 2.11. The smallest absolute Gasteiger partial charge is 0.0456 e. The van der Waals surface area contributed by atoms with Gasteiger partial charge in [0.05, 0.1) is 0 Å². The molecule has 0 saturated carbocycles. The number of hydrogen-bond acceptors (Lipinski definition) is 1. The van der Waals surface area contributed by atoms with Crippen molar-refractivity contribution in [3.05, 3.63) is 33.8 Å². The molecule has 1 rings (SSSR count). The van der Waals surface area contributed by atoms with Crippen LogP contribution in [0.2, 0.25) is 5.02 Å². The van der Waals surface area contributed by atoms with E-state index in [2.05, 4.69) is 26.8 Å². The summed E-state index contributed by atoms with van der Waals surface area (Å²) in [7, 11) is 0. The number of rotatable bonds is 9. The first-order valence-corrected chi connectivity index (χ1v) is 8.46. The van der Waals surface area contributed by atoms with Crippen LogP contribution in [0.5, 0.6) is 0 Å². The van der Waals surface area contributed by atoms with Gasteiger partial charge in [-0.2, -0.15) is 0 Å². The van der Waals surface area contributed by atoms with Crippen LogP contribution in [0, 0.1) is 13.8 Å². The van der Waals surface area contributed by atoms with Crippen LogP contribution in [-0.2, 0) is 0 Å². The van der Waals surface area contributed by atoms with E-state index in [1.54, 1.807) is 0 Å². The zero-order chi connectivity index (χ0) is 15.0. The Bertz CT molecular complexity index is 401. The number of unbranched alkanes of at least 4 members (excludes halogenated alkanes) is 6. The standard InChI is InChI=1S/C18H30ClN/c1-4-5-6-7-8-9-10-11-18(20)16-12-14(2)15(3)13-17(16)19/h12-13,18H,4-11,20H2,1-3H3. The molecular weight excluding hydrogens is 266 g/mol. The molecule has 0 saturated heterocycles. The summed E-state index contributed by atoms with van der Waals surface area (Å²) in [6.45, 7) is 6.47. The van der Waals surface area contributed by atoms with Crippen LogP contribution in [0.4, 0.5) is 0 Å². The van der Waals surface area contributed by atoms with Gasteiger partial charge in [-0.1, -0.05) is 69.5 Å². The van der Waals surface area contributed by atoms with Crippen LogP contribution in [0.3, 0.4) is 0 Å². The average molecular weight is 296 g/mol. The van der Waals surface area contributed by atoms with Crippen molar-refractivity contribution in [2.75, 3.05) is 0 Å². The fraction of sp³-hybridized carbons (Fsp3) is 0.667. The molecule has 0 spiro atoms. The summed E-state index contributed by atoms with van der Waals surface area (Å²) in [5.41, 5.74) is 9.92. The minimum absolute atomic E-state index is 0.0810. The van der Waals surface area contributed by atoms with Crippen molar-refractivity contribution in [3.8, 4) is 0 Å². The molecule has 2 N–H and O–H groups in total. The van der Waals surface area contributed by atoms with Crippen molar-refractivity contribution < 1.29 is 0 Å². The Morgan fingerprint density at radius 3 is 2.15 bits per heavy atom. The molecule has 1 aromatic rings. The molecule has 2 heteroatoms. The first-order chi connectivity index (χ1) is 9.56. The molecule has 1 unspecified atom stereocenters. The number of halogens is 1. The highest BCUT2D eigenvalue weighted by atomic mass is 35.5. The van der Waals surface area contributed by atoms with Gasteiger partial charge < -0.3 is 5.73 Å². The quantitative estimate of drug-likeness (QED) is 0.547. The van der Waals surface area contributed by atoms with Crippen LogP contribution in [0.25, 0.3) is 0 Å².